The number of carbonyl (C=O) groups is 1. The van der Waals surface area contributed by atoms with Gasteiger partial charge in [0.05, 0.1) is 13.2 Å². The average molecular weight is 289 g/mol. The van der Waals surface area contributed by atoms with E-state index in [9.17, 15) is 4.79 Å². The second kappa shape index (κ2) is 7.10. The first-order valence-electron chi connectivity index (χ1n) is 6.65. The van der Waals surface area contributed by atoms with Gasteiger partial charge in [0.25, 0.3) is 0 Å². The molecule has 0 aliphatic carbocycles. The van der Waals surface area contributed by atoms with Crippen molar-refractivity contribution in [3.63, 3.8) is 0 Å². The molecule has 106 valence electrons. The van der Waals surface area contributed by atoms with Crippen molar-refractivity contribution in [2.24, 2.45) is 0 Å². The molecule has 0 bridgehead atoms. The summed E-state index contributed by atoms with van der Waals surface area (Å²) in [7, 11) is 1.65. The van der Waals surface area contributed by atoms with Crippen LogP contribution in [0.4, 0.5) is 0 Å². The Hall–Kier alpha value is -1.81. The highest BCUT2D eigenvalue weighted by molar-refractivity contribution is 7.10. The zero-order valence-corrected chi connectivity index (χ0v) is 12.6. The van der Waals surface area contributed by atoms with Gasteiger partial charge in [-0.3, -0.25) is 4.79 Å². The smallest absolute Gasteiger partial charge is 0.220 e. The zero-order chi connectivity index (χ0) is 14.4. The van der Waals surface area contributed by atoms with Gasteiger partial charge < -0.3 is 10.1 Å². The highest BCUT2D eigenvalue weighted by Gasteiger charge is 2.11. The van der Waals surface area contributed by atoms with Crippen LogP contribution in [0.5, 0.6) is 5.75 Å². The molecule has 0 radical (unpaired) electrons. The van der Waals surface area contributed by atoms with Gasteiger partial charge in [-0.25, -0.2) is 0 Å². The molecule has 0 saturated heterocycles. The molecule has 1 heterocycles. The molecular formula is C16H19NO2S. The van der Waals surface area contributed by atoms with Gasteiger partial charge in [-0.2, -0.15) is 0 Å². The predicted molar refractivity (Wildman–Crippen MR) is 82.2 cm³/mol. The number of benzene rings is 1. The van der Waals surface area contributed by atoms with Crippen molar-refractivity contribution in [1.29, 1.82) is 0 Å². The van der Waals surface area contributed by atoms with Gasteiger partial charge in [-0.05, 0) is 36.4 Å². The van der Waals surface area contributed by atoms with E-state index in [0.717, 1.165) is 11.3 Å². The molecule has 0 saturated carbocycles. The van der Waals surface area contributed by atoms with Crippen LogP contribution in [0.25, 0.3) is 0 Å². The van der Waals surface area contributed by atoms with Crippen molar-refractivity contribution in [3.8, 4) is 5.75 Å². The Bertz CT molecular complexity index is 551. The lowest BCUT2D eigenvalue weighted by molar-refractivity contribution is -0.121. The topological polar surface area (TPSA) is 38.3 Å². The highest BCUT2D eigenvalue weighted by Crippen LogP contribution is 2.20. The molecule has 4 heteroatoms. The molecule has 2 aromatic rings. The number of methoxy groups -OCH3 is 1. The lowest BCUT2D eigenvalue weighted by atomic mass is 10.1. The molecule has 20 heavy (non-hydrogen) atoms. The number of para-hydroxylation sites is 1. The summed E-state index contributed by atoms with van der Waals surface area (Å²) in [5, 5.41) is 5.04. The third kappa shape index (κ3) is 3.84. The van der Waals surface area contributed by atoms with Crippen LogP contribution in [-0.2, 0) is 11.2 Å². The SMILES string of the molecule is COc1ccccc1CCC(=O)NC(C)c1cccs1. The third-order valence-corrected chi connectivity index (χ3v) is 4.22. The van der Waals surface area contributed by atoms with E-state index in [1.54, 1.807) is 18.4 Å². The van der Waals surface area contributed by atoms with Crippen LogP contribution in [-0.4, -0.2) is 13.0 Å². The fourth-order valence-electron chi connectivity index (χ4n) is 2.08. The number of nitrogens with one attached hydrogen (secondary N) is 1. The van der Waals surface area contributed by atoms with E-state index in [4.69, 9.17) is 4.74 Å². The lowest BCUT2D eigenvalue weighted by Crippen LogP contribution is -2.26. The minimum absolute atomic E-state index is 0.0665. The van der Waals surface area contributed by atoms with Gasteiger partial charge in [-0.15, -0.1) is 11.3 Å². The third-order valence-electron chi connectivity index (χ3n) is 3.16. The van der Waals surface area contributed by atoms with E-state index in [1.807, 2.05) is 48.7 Å². The number of aryl methyl sites for hydroxylation is 1. The monoisotopic (exact) mass is 289 g/mol. The largest absolute Gasteiger partial charge is 0.496 e. The molecular weight excluding hydrogens is 270 g/mol. The Labute approximate surface area is 123 Å². The van der Waals surface area contributed by atoms with E-state index < -0.39 is 0 Å². The van der Waals surface area contributed by atoms with Crippen LogP contribution in [0.1, 0.15) is 29.8 Å². The number of carbonyl (C=O) groups excluding carboxylic acids is 1. The summed E-state index contributed by atoms with van der Waals surface area (Å²) in [5.41, 5.74) is 1.06. The van der Waals surface area contributed by atoms with Gasteiger partial charge in [-0.1, -0.05) is 24.3 Å². The molecule has 1 amide bonds. The number of hydrogen-bond acceptors (Lipinski definition) is 3. The number of hydrogen-bond donors (Lipinski definition) is 1. The molecule has 1 atom stereocenters. The summed E-state index contributed by atoms with van der Waals surface area (Å²) >= 11 is 1.66. The van der Waals surface area contributed by atoms with Gasteiger partial charge in [0.2, 0.25) is 5.91 Å². The normalized spacial score (nSPS) is 11.9. The Morgan fingerprint density at radius 3 is 2.80 bits per heavy atom. The van der Waals surface area contributed by atoms with E-state index in [-0.39, 0.29) is 11.9 Å². The standard InChI is InChI=1S/C16H19NO2S/c1-12(15-8-5-11-20-15)17-16(18)10-9-13-6-3-4-7-14(13)19-2/h3-8,11-12H,9-10H2,1-2H3,(H,17,18). The number of rotatable bonds is 6. The maximum atomic E-state index is 12.0. The Morgan fingerprint density at radius 1 is 1.30 bits per heavy atom. The first-order valence-corrected chi connectivity index (χ1v) is 7.53. The van der Waals surface area contributed by atoms with Crippen molar-refractivity contribution in [3.05, 3.63) is 52.2 Å². The fraction of sp³-hybridized carbons (Fsp3) is 0.312. The van der Waals surface area contributed by atoms with E-state index in [0.29, 0.717) is 12.8 Å². The summed E-state index contributed by atoms with van der Waals surface area (Å²) in [6.07, 6.45) is 1.16. The molecule has 0 fully saturated rings. The second-order valence-corrected chi connectivity index (χ2v) is 5.60. The summed E-state index contributed by atoms with van der Waals surface area (Å²) in [4.78, 5) is 13.2. The number of ether oxygens (including phenoxy) is 1. The van der Waals surface area contributed by atoms with E-state index in [2.05, 4.69) is 5.32 Å². The summed E-state index contributed by atoms with van der Waals surface area (Å²) in [5.74, 6) is 0.906. The van der Waals surface area contributed by atoms with Gasteiger partial charge in [0.1, 0.15) is 5.75 Å². The molecule has 1 unspecified atom stereocenters. The van der Waals surface area contributed by atoms with Gasteiger partial charge in [0, 0.05) is 11.3 Å². The quantitative estimate of drug-likeness (QED) is 0.883. The molecule has 1 aromatic heterocycles. The summed E-state index contributed by atoms with van der Waals surface area (Å²) in [6.45, 7) is 2.01. The second-order valence-electron chi connectivity index (χ2n) is 4.62. The van der Waals surface area contributed by atoms with Crippen molar-refractivity contribution in [1.82, 2.24) is 5.32 Å². The van der Waals surface area contributed by atoms with Gasteiger partial charge >= 0.3 is 0 Å². The Balaban J connectivity index is 1.86. The van der Waals surface area contributed by atoms with Crippen LogP contribution >= 0.6 is 11.3 Å². The van der Waals surface area contributed by atoms with Crippen LogP contribution in [0, 0.1) is 0 Å². The predicted octanol–water partition coefficient (Wildman–Crippen LogP) is 3.57. The minimum atomic E-state index is 0.0665. The minimum Gasteiger partial charge on any atom is -0.496 e. The molecule has 0 spiro atoms. The van der Waals surface area contributed by atoms with Crippen LogP contribution in [0.3, 0.4) is 0 Å². The highest BCUT2D eigenvalue weighted by atomic mass is 32.1. The van der Waals surface area contributed by atoms with Crippen LogP contribution < -0.4 is 10.1 Å². The summed E-state index contributed by atoms with van der Waals surface area (Å²) < 4.78 is 5.29. The van der Waals surface area contributed by atoms with Crippen molar-refractivity contribution < 1.29 is 9.53 Å². The van der Waals surface area contributed by atoms with Crippen molar-refractivity contribution in [2.75, 3.05) is 7.11 Å². The maximum Gasteiger partial charge on any atom is 0.220 e. The van der Waals surface area contributed by atoms with Crippen LogP contribution in [0.15, 0.2) is 41.8 Å². The molecule has 1 N–H and O–H groups in total. The Kier molecular flexibility index (Phi) is 5.18. The first kappa shape index (κ1) is 14.6. The van der Waals surface area contributed by atoms with Crippen molar-refractivity contribution >= 4 is 17.2 Å². The molecule has 1 aromatic carbocycles. The summed E-state index contributed by atoms with van der Waals surface area (Å²) in [6, 6.07) is 11.9. The molecule has 2 rings (SSSR count). The first-order chi connectivity index (χ1) is 9.70. The van der Waals surface area contributed by atoms with E-state index in [1.165, 1.54) is 4.88 Å². The van der Waals surface area contributed by atoms with Crippen molar-refractivity contribution in [2.45, 2.75) is 25.8 Å². The molecule has 3 nitrogen and oxygen atoms in total. The lowest BCUT2D eigenvalue weighted by Gasteiger charge is -2.13. The molecule has 0 aliphatic heterocycles. The maximum absolute atomic E-state index is 12.0. The number of thiophene rings is 1. The van der Waals surface area contributed by atoms with E-state index >= 15 is 0 Å². The van der Waals surface area contributed by atoms with Gasteiger partial charge in [0.15, 0.2) is 0 Å². The van der Waals surface area contributed by atoms with Crippen LogP contribution in [0.2, 0.25) is 0 Å². The number of amides is 1. The molecule has 0 aliphatic rings. The average Bonchev–Trinajstić information content (AvgIpc) is 2.99. The Morgan fingerprint density at radius 2 is 2.10 bits per heavy atom. The fourth-order valence-corrected chi connectivity index (χ4v) is 2.81. The zero-order valence-electron chi connectivity index (χ0n) is 11.8.